The van der Waals surface area contributed by atoms with Crippen LogP contribution < -0.4 is 10.6 Å². The smallest absolute Gasteiger partial charge is 0.408 e. The lowest BCUT2D eigenvalue weighted by atomic mass is 10.0. The van der Waals surface area contributed by atoms with Gasteiger partial charge in [-0.2, -0.15) is 0 Å². The summed E-state index contributed by atoms with van der Waals surface area (Å²) >= 11 is 0. The van der Waals surface area contributed by atoms with Crippen LogP contribution >= 0.6 is 0 Å². The third-order valence-electron chi connectivity index (χ3n) is 3.64. The predicted octanol–water partition coefficient (Wildman–Crippen LogP) is 2.22. The molecule has 0 aliphatic heterocycles. The molecule has 152 valence electrons. The van der Waals surface area contributed by atoms with Gasteiger partial charge in [-0.3, -0.25) is 9.59 Å². The van der Waals surface area contributed by atoms with Crippen LogP contribution in [0, 0.1) is 12.3 Å². The van der Waals surface area contributed by atoms with E-state index in [4.69, 9.17) is 11.2 Å². The number of likely N-dealkylation sites (N-methyl/N-ethyl adjacent to an activating group) is 1. The van der Waals surface area contributed by atoms with Crippen LogP contribution in [-0.2, 0) is 14.3 Å². The second kappa shape index (κ2) is 9.79. The Morgan fingerprint density at radius 3 is 2.21 bits per heavy atom. The van der Waals surface area contributed by atoms with Gasteiger partial charge < -0.3 is 20.3 Å². The summed E-state index contributed by atoms with van der Waals surface area (Å²) in [4.78, 5) is 38.4. The number of nitrogens with one attached hydrogen (secondary N) is 2. The molecule has 0 aromatic heterocycles. The monoisotopic (exact) mass is 387 g/mol. The van der Waals surface area contributed by atoms with Crippen molar-refractivity contribution in [3.63, 3.8) is 0 Å². The van der Waals surface area contributed by atoms with Crippen LogP contribution in [0.15, 0.2) is 24.3 Å². The molecule has 3 amide bonds. The zero-order chi connectivity index (χ0) is 21.5. The zero-order valence-electron chi connectivity index (χ0n) is 17.3. The number of amides is 3. The van der Waals surface area contributed by atoms with Crippen LogP contribution in [-0.4, -0.2) is 48.0 Å². The van der Waals surface area contributed by atoms with Crippen LogP contribution in [0.4, 0.5) is 4.79 Å². The summed E-state index contributed by atoms with van der Waals surface area (Å²) in [6.45, 7) is 8.57. The highest BCUT2D eigenvalue weighted by molar-refractivity contribution is 5.90. The molecule has 0 bridgehead atoms. The fourth-order valence-corrected chi connectivity index (χ4v) is 2.41. The van der Waals surface area contributed by atoms with Crippen molar-refractivity contribution < 1.29 is 19.1 Å². The lowest BCUT2D eigenvalue weighted by Crippen LogP contribution is -2.47. The minimum absolute atomic E-state index is 0.0941. The van der Waals surface area contributed by atoms with Crippen LogP contribution in [0.2, 0.25) is 0 Å². The topological polar surface area (TPSA) is 87.7 Å². The first-order valence-electron chi connectivity index (χ1n) is 9.04. The number of benzene rings is 1. The van der Waals surface area contributed by atoms with E-state index in [1.54, 1.807) is 45.0 Å². The SMILES string of the molecule is C#Cc1ccc(C(C(=O)NC(C)C)N(C)C(=O)CNC(=O)OC(C)(C)C)cc1. The number of carbonyl (C=O) groups is 3. The molecule has 0 fully saturated rings. The molecule has 0 aliphatic carbocycles. The van der Waals surface area contributed by atoms with E-state index in [1.807, 2.05) is 13.8 Å². The standard InChI is InChI=1S/C21H29N3O4/c1-8-15-9-11-16(12-10-15)18(19(26)23-14(2)3)24(7)17(25)13-22-20(27)28-21(4,5)6/h1,9-12,14,18H,13H2,2-7H3,(H,22,27)(H,23,26). The second-order valence-corrected chi connectivity index (χ2v) is 7.69. The number of hydrogen-bond acceptors (Lipinski definition) is 4. The van der Waals surface area contributed by atoms with Gasteiger partial charge in [0.1, 0.15) is 18.2 Å². The maximum absolute atomic E-state index is 12.7. The van der Waals surface area contributed by atoms with Crippen LogP contribution in [0.3, 0.4) is 0 Å². The normalized spacial score (nSPS) is 11.9. The van der Waals surface area contributed by atoms with Crippen LogP contribution in [0.25, 0.3) is 0 Å². The first-order chi connectivity index (χ1) is 12.9. The van der Waals surface area contributed by atoms with Crippen LogP contribution in [0.1, 0.15) is 51.8 Å². The lowest BCUT2D eigenvalue weighted by Gasteiger charge is -2.29. The molecule has 0 saturated carbocycles. The van der Waals surface area contributed by atoms with Gasteiger partial charge >= 0.3 is 6.09 Å². The Balaban J connectivity index is 2.95. The Hall–Kier alpha value is -3.01. The van der Waals surface area contributed by atoms with Gasteiger partial charge in [0.25, 0.3) is 0 Å². The highest BCUT2D eigenvalue weighted by Gasteiger charge is 2.29. The molecule has 2 N–H and O–H groups in total. The molecule has 0 spiro atoms. The quantitative estimate of drug-likeness (QED) is 0.733. The summed E-state index contributed by atoms with van der Waals surface area (Å²) in [5.74, 6) is 1.76. The maximum Gasteiger partial charge on any atom is 0.408 e. The Morgan fingerprint density at radius 1 is 1.18 bits per heavy atom. The molecular formula is C21H29N3O4. The van der Waals surface area contributed by atoms with E-state index >= 15 is 0 Å². The Morgan fingerprint density at radius 2 is 1.75 bits per heavy atom. The van der Waals surface area contributed by atoms with Gasteiger partial charge in [0.05, 0.1) is 0 Å². The van der Waals surface area contributed by atoms with Crippen molar-refractivity contribution in [2.75, 3.05) is 13.6 Å². The summed E-state index contributed by atoms with van der Waals surface area (Å²) in [6, 6.07) is 5.89. The molecule has 0 saturated heterocycles. The van der Waals surface area contributed by atoms with Crippen molar-refractivity contribution in [2.24, 2.45) is 0 Å². The third kappa shape index (κ3) is 7.31. The molecule has 1 atom stereocenters. The Kier molecular flexibility index (Phi) is 8.05. The number of rotatable bonds is 6. The van der Waals surface area contributed by atoms with E-state index in [0.29, 0.717) is 11.1 Å². The van der Waals surface area contributed by atoms with E-state index in [1.165, 1.54) is 11.9 Å². The van der Waals surface area contributed by atoms with E-state index in [0.717, 1.165) is 0 Å². The molecule has 1 unspecified atom stereocenters. The van der Waals surface area contributed by atoms with Gasteiger partial charge in [0.15, 0.2) is 0 Å². The summed E-state index contributed by atoms with van der Waals surface area (Å²) in [6.07, 6.45) is 4.68. The van der Waals surface area contributed by atoms with Crippen LogP contribution in [0.5, 0.6) is 0 Å². The van der Waals surface area contributed by atoms with Gasteiger partial charge in [-0.15, -0.1) is 6.42 Å². The predicted molar refractivity (Wildman–Crippen MR) is 107 cm³/mol. The first kappa shape index (κ1) is 23.0. The molecule has 0 radical (unpaired) electrons. The van der Waals surface area contributed by atoms with Crippen molar-refractivity contribution in [1.29, 1.82) is 0 Å². The van der Waals surface area contributed by atoms with Crippen molar-refractivity contribution in [3.8, 4) is 12.3 Å². The summed E-state index contributed by atoms with van der Waals surface area (Å²) in [5, 5.41) is 5.23. The average molecular weight is 387 g/mol. The highest BCUT2D eigenvalue weighted by atomic mass is 16.6. The molecule has 7 nitrogen and oxygen atoms in total. The number of terminal acetylenes is 1. The molecule has 0 heterocycles. The highest BCUT2D eigenvalue weighted by Crippen LogP contribution is 2.21. The van der Waals surface area contributed by atoms with Crippen molar-refractivity contribution >= 4 is 17.9 Å². The summed E-state index contributed by atoms with van der Waals surface area (Å²) in [5.41, 5.74) is 0.620. The van der Waals surface area contributed by atoms with Crippen molar-refractivity contribution in [1.82, 2.24) is 15.5 Å². The zero-order valence-corrected chi connectivity index (χ0v) is 17.3. The lowest BCUT2D eigenvalue weighted by molar-refractivity contribution is -0.138. The fourth-order valence-electron chi connectivity index (χ4n) is 2.41. The third-order valence-corrected chi connectivity index (χ3v) is 3.64. The first-order valence-corrected chi connectivity index (χ1v) is 9.04. The van der Waals surface area contributed by atoms with E-state index < -0.39 is 23.6 Å². The van der Waals surface area contributed by atoms with Crippen molar-refractivity contribution in [3.05, 3.63) is 35.4 Å². The molecule has 1 rings (SSSR count). The fraction of sp³-hybridized carbons (Fsp3) is 0.476. The largest absolute Gasteiger partial charge is 0.444 e. The van der Waals surface area contributed by atoms with Crippen molar-refractivity contribution in [2.45, 2.75) is 52.3 Å². The number of carbonyl (C=O) groups excluding carboxylic acids is 3. The van der Waals surface area contributed by atoms with Gasteiger partial charge in [0, 0.05) is 18.7 Å². The molecule has 1 aromatic rings. The Bertz CT molecular complexity index is 742. The summed E-state index contributed by atoms with van der Waals surface area (Å²) in [7, 11) is 1.51. The molecule has 28 heavy (non-hydrogen) atoms. The summed E-state index contributed by atoms with van der Waals surface area (Å²) < 4.78 is 5.12. The number of ether oxygens (including phenoxy) is 1. The van der Waals surface area contributed by atoms with E-state index in [2.05, 4.69) is 16.6 Å². The number of nitrogens with zero attached hydrogens (tertiary/aromatic N) is 1. The minimum Gasteiger partial charge on any atom is -0.444 e. The Labute approximate surface area is 166 Å². The number of hydrogen-bond donors (Lipinski definition) is 2. The maximum atomic E-state index is 12.7. The van der Waals surface area contributed by atoms with Gasteiger partial charge in [-0.1, -0.05) is 18.1 Å². The minimum atomic E-state index is -0.859. The van der Waals surface area contributed by atoms with Gasteiger partial charge in [-0.05, 0) is 52.3 Å². The second-order valence-electron chi connectivity index (χ2n) is 7.69. The molecule has 1 aromatic carbocycles. The average Bonchev–Trinajstić information content (AvgIpc) is 2.58. The van der Waals surface area contributed by atoms with E-state index in [9.17, 15) is 14.4 Å². The van der Waals surface area contributed by atoms with Gasteiger partial charge in [0.2, 0.25) is 11.8 Å². The number of alkyl carbamates (subject to hydrolysis) is 1. The molecule has 0 aliphatic rings. The van der Waals surface area contributed by atoms with Gasteiger partial charge in [-0.25, -0.2) is 4.79 Å². The molecular weight excluding hydrogens is 358 g/mol. The van der Waals surface area contributed by atoms with E-state index in [-0.39, 0.29) is 18.5 Å². The molecule has 7 heteroatoms.